The van der Waals surface area contributed by atoms with Crippen LogP contribution in [0.2, 0.25) is 0 Å². The number of Topliss-reactive ketones (excluding diaryl/α,β-unsaturated/α-hetero) is 1. The summed E-state index contributed by atoms with van der Waals surface area (Å²) in [7, 11) is 0. The Labute approximate surface area is 209 Å². The molecule has 1 atom stereocenters. The lowest BCUT2D eigenvalue weighted by Crippen LogP contribution is -2.56. The standard InChI is InChI=1S/C25H18N4O8/c1-14-6-8-16(9-7-14)22(30)15(2)26(23(31)17-10-12-18(13-11-17)28(34)35)27-24(32)19-4-3-5-20(29(36)37)21(19)25(27)33/h3-13,15H,1-2H3/t15-/m0/s1. The van der Waals surface area contributed by atoms with Gasteiger partial charge in [0.1, 0.15) is 11.6 Å². The van der Waals surface area contributed by atoms with E-state index in [-0.39, 0.29) is 22.4 Å². The molecule has 3 amide bonds. The SMILES string of the molecule is Cc1ccc(C(=O)[C@H](C)N(C(=O)c2ccc([N+](=O)[O-])cc2)N2C(=O)c3cccc([N+](=O)[O-])c3C2=O)cc1. The highest BCUT2D eigenvalue weighted by molar-refractivity contribution is 6.24. The summed E-state index contributed by atoms with van der Waals surface area (Å²) in [6.07, 6.45) is 0. The van der Waals surface area contributed by atoms with Crippen molar-refractivity contribution in [2.24, 2.45) is 0 Å². The summed E-state index contributed by atoms with van der Waals surface area (Å²) in [5.74, 6) is -3.77. The highest BCUT2D eigenvalue weighted by Gasteiger charge is 2.48. The number of amides is 3. The third-order valence-electron chi connectivity index (χ3n) is 5.90. The van der Waals surface area contributed by atoms with E-state index in [4.69, 9.17) is 0 Å². The normalized spacial score (nSPS) is 13.2. The van der Waals surface area contributed by atoms with Gasteiger partial charge in [-0.05, 0) is 32.0 Å². The molecule has 12 heteroatoms. The van der Waals surface area contributed by atoms with Crippen molar-refractivity contribution in [1.82, 2.24) is 10.0 Å². The van der Waals surface area contributed by atoms with Gasteiger partial charge in [0.25, 0.3) is 29.1 Å². The van der Waals surface area contributed by atoms with Crippen molar-refractivity contribution in [1.29, 1.82) is 0 Å². The van der Waals surface area contributed by atoms with E-state index in [1.807, 2.05) is 6.92 Å². The zero-order chi connectivity index (χ0) is 27.0. The van der Waals surface area contributed by atoms with Gasteiger partial charge in [-0.15, -0.1) is 0 Å². The minimum absolute atomic E-state index is 0.153. The third-order valence-corrected chi connectivity index (χ3v) is 5.90. The molecule has 3 aromatic carbocycles. The number of aryl methyl sites for hydroxylation is 1. The summed E-state index contributed by atoms with van der Waals surface area (Å²) < 4.78 is 0. The summed E-state index contributed by atoms with van der Waals surface area (Å²) in [6, 6.07) is 12.8. The molecular formula is C25H18N4O8. The number of nitrogens with zero attached hydrogens (tertiary/aromatic N) is 4. The molecule has 0 unspecified atom stereocenters. The first-order valence-electron chi connectivity index (χ1n) is 10.9. The van der Waals surface area contributed by atoms with E-state index in [2.05, 4.69) is 0 Å². The summed E-state index contributed by atoms with van der Waals surface area (Å²) in [5.41, 5.74) is -0.815. The fourth-order valence-corrected chi connectivity index (χ4v) is 3.97. The third kappa shape index (κ3) is 4.31. The molecule has 0 spiro atoms. The molecule has 0 N–H and O–H groups in total. The molecule has 3 aromatic rings. The van der Waals surface area contributed by atoms with E-state index in [9.17, 15) is 39.4 Å². The van der Waals surface area contributed by atoms with E-state index in [1.165, 1.54) is 31.2 Å². The van der Waals surface area contributed by atoms with Gasteiger partial charge in [-0.25, -0.2) is 5.01 Å². The van der Waals surface area contributed by atoms with Gasteiger partial charge < -0.3 is 0 Å². The van der Waals surface area contributed by atoms with Crippen LogP contribution in [0.3, 0.4) is 0 Å². The molecule has 0 aromatic heterocycles. The number of hydrogen-bond acceptors (Lipinski definition) is 8. The van der Waals surface area contributed by atoms with Crippen LogP contribution in [0.4, 0.5) is 11.4 Å². The largest absolute Gasteiger partial charge is 0.292 e. The average molecular weight is 502 g/mol. The second kappa shape index (κ2) is 9.41. The minimum atomic E-state index is -1.41. The molecule has 1 aliphatic rings. The quantitative estimate of drug-likeness (QED) is 0.204. The summed E-state index contributed by atoms with van der Waals surface area (Å²) in [6.45, 7) is 3.12. The first kappa shape index (κ1) is 24.9. The molecule has 1 heterocycles. The van der Waals surface area contributed by atoms with Crippen molar-refractivity contribution in [3.05, 3.63) is 115 Å². The predicted octanol–water partition coefficient (Wildman–Crippen LogP) is 3.74. The van der Waals surface area contributed by atoms with Crippen molar-refractivity contribution in [3.8, 4) is 0 Å². The van der Waals surface area contributed by atoms with Gasteiger partial charge in [-0.2, -0.15) is 5.01 Å². The molecule has 0 fully saturated rings. The van der Waals surface area contributed by atoms with Crippen LogP contribution >= 0.6 is 0 Å². The van der Waals surface area contributed by atoms with Crippen molar-refractivity contribution in [2.75, 3.05) is 0 Å². The number of nitro groups is 2. The van der Waals surface area contributed by atoms with Gasteiger partial charge in [0, 0.05) is 29.3 Å². The lowest BCUT2D eigenvalue weighted by Gasteiger charge is -2.34. The van der Waals surface area contributed by atoms with Crippen LogP contribution in [0, 0.1) is 27.2 Å². The molecule has 0 saturated carbocycles. The lowest BCUT2D eigenvalue weighted by molar-refractivity contribution is -0.385. The Morgan fingerprint density at radius 3 is 2.00 bits per heavy atom. The van der Waals surface area contributed by atoms with E-state index >= 15 is 0 Å². The van der Waals surface area contributed by atoms with Gasteiger partial charge in [0.2, 0.25) is 0 Å². The molecule has 1 aliphatic heterocycles. The topological polar surface area (TPSA) is 161 Å². The molecule has 4 rings (SSSR count). The van der Waals surface area contributed by atoms with Crippen LogP contribution in [0.25, 0.3) is 0 Å². The zero-order valence-electron chi connectivity index (χ0n) is 19.5. The number of ketones is 1. The van der Waals surface area contributed by atoms with Crippen LogP contribution in [0.1, 0.15) is 53.9 Å². The van der Waals surface area contributed by atoms with E-state index in [0.29, 0.717) is 10.0 Å². The van der Waals surface area contributed by atoms with Gasteiger partial charge in [0.05, 0.1) is 15.4 Å². The molecule has 12 nitrogen and oxygen atoms in total. The molecule has 0 bridgehead atoms. The lowest BCUT2D eigenvalue weighted by atomic mass is 10.0. The second-order valence-corrected chi connectivity index (χ2v) is 8.24. The summed E-state index contributed by atoms with van der Waals surface area (Å²) in [5, 5.41) is 23.6. The number of carbonyl (C=O) groups is 4. The Hall–Kier alpha value is -5.26. The van der Waals surface area contributed by atoms with Crippen LogP contribution in [0.15, 0.2) is 66.7 Å². The number of non-ortho nitro benzene ring substituents is 1. The predicted molar refractivity (Wildman–Crippen MR) is 128 cm³/mol. The van der Waals surface area contributed by atoms with Crippen LogP contribution in [0.5, 0.6) is 0 Å². The highest BCUT2D eigenvalue weighted by atomic mass is 16.6. The van der Waals surface area contributed by atoms with Crippen molar-refractivity contribution < 1.29 is 29.0 Å². The maximum atomic E-state index is 13.6. The van der Waals surface area contributed by atoms with Crippen molar-refractivity contribution in [3.63, 3.8) is 0 Å². The number of nitro benzene ring substituents is 2. The first-order valence-corrected chi connectivity index (χ1v) is 10.9. The zero-order valence-corrected chi connectivity index (χ0v) is 19.5. The van der Waals surface area contributed by atoms with E-state index in [1.54, 1.807) is 12.1 Å². The summed E-state index contributed by atoms with van der Waals surface area (Å²) >= 11 is 0. The number of carbonyl (C=O) groups excluding carboxylic acids is 4. The van der Waals surface area contributed by atoms with Gasteiger partial charge >= 0.3 is 0 Å². The number of benzene rings is 3. The van der Waals surface area contributed by atoms with Gasteiger partial charge in [0.15, 0.2) is 5.78 Å². The number of hydrogen-bond donors (Lipinski definition) is 0. The van der Waals surface area contributed by atoms with Gasteiger partial charge in [-0.1, -0.05) is 35.9 Å². The molecule has 37 heavy (non-hydrogen) atoms. The number of imide groups is 1. The Kier molecular flexibility index (Phi) is 6.32. The fourth-order valence-electron chi connectivity index (χ4n) is 3.97. The second-order valence-electron chi connectivity index (χ2n) is 8.24. The first-order chi connectivity index (χ1) is 17.5. The maximum Gasteiger partial charge on any atom is 0.287 e. The summed E-state index contributed by atoms with van der Waals surface area (Å²) in [4.78, 5) is 74.7. The Morgan fingerprint density at radius 1 is 0.838 bits per heavy atom. The van der Waals surface area contributed by atoms with Crippen LogP contribution < -0.4 is 0 Å². The fraction of sp³-hybridized carbons (Fsp3) is 0.120. The van der Waals surface area contributed by atoms with Gasteiger partial charge in [-0.3, -0.25) is 39.4 Å². The Morgan fingerprint density at radius 2 is 1.43 bits per heavy atom. The van der Waals surface area contributed by atoms with E-state index < -0.39 is 50.6 Å². The molecule has 0 aliphatic carbocycles. The van der Waals surface area contributed by atoms with Crippen LogP contribution in [-0.4, -0.2) is 49.4 Å². The number of rotatable bonds is 7. The maximum absolute atomic E-state index is 13.6. The van der Waals surface area contributed by atoms with Crippen molar-refractivity contribution in [2.45, 2.75) is 19.9 Å². The molecule has 186 valence electrons. The number of fused-ring (bicyclic) bond motifs is 1. The average Bonchev–Trinajstić information content (AvgIpc) is 3.14. The molecule has 0 radical (unpaired) electrons. The molecular weight excluding hydrogens is 484 g/mol. The Bertz CT molecular complexity index is 1480. The number of hydrazine groups is 1. The van der Waals surface area contributed by atoms with Crippen molar-refractivity contribution >= 4 is 34.9 Å². The molecule has 0 saturated heterocycles. The minimum Gasteiger partial charge on any atom is -0.292 e. The van der Waals surface area contributed by atoms with Crippen LogP contribution in [-0.2, 0) is 0 Å². The highest BCUT2D eigenvalue weighted by Crippen LogP contribution is 2.33. The monoisotopic (exact) mass is 502 g/mol. The Balaban J connectivity index is 1.82. The smallest absolute Gasteiger partial charge is 0.287 e. The van der Waals surface area contributed by atoms with E-state index in [0.717, 1.165) is 35.9 Å².